The first-order valence-electron chi connectivity index (χ1n) is 9.69. The smallest absolute Gasteiger partial charge is 0.490 e. The van der Waals surface area contributed by atoms with Crippen LogP contribution in [0, 0.1) is 10.8 Å². The third kappa shape index (κ3) is 5.32. The Hall–Kier alpha value is -3.55. The van der Waals surface area contributed by atoms with Crippen LogP contribution in [-0.4, -0.2) is 84.1 Å². The normalized spacial score (nSPS) is 23.1. The molecule has 0 radical (unpaired) electrons. The minimum atomic E-state index is -5.08. The van der Waals surface area contributed by atoms with E-state index in [2.05, 4.69) is 5.32 Å². The van der Waals surface area contributed by atoms with Crippen molar-refractivity contribution in [3.05, 3.63) is 23.8 Å². The van der Waals surface area contributed by atoms with Crippen LogP contribution < -0.4 is 14.8 Å². The van der Waals surface area contributed by atoms with Gasteiger partial charge in [0.25, 0.3) is 0 Å². The number of aliphatic carboxylic acids is 3. The molecule has 3 rings (SSSR count). The van der Waals surface area contributed by atoms with Gasteiger partial charge in [0.05, 0.1) is 31.6 Å². The molecular formula is C20H23F3N2O9. The number of piperidine rings is 1. The van der Waals surface area contributed by atoms with E-state index in [-0.39, 0.29) is 38.5 Å². The molecule has 1 aromatic carbocycles. The van der Waals surface area contributed by atoms with Crippen molar-refractivity contribution in [2.75, 3.05) is 33.9 Å². The minimum absolute atomic E-state index is 0.0443. The lowest BCUT2D eigenvalue weighted by molar-refractivity contribution is -0.192. The molecule has 14 heteroatoms. The van der Waals surface area contributed by atoms with Crippen LogP contribution >= 0.6 is 0 Å². The topological polar surface area (TPSA) is 163 Å². The molecule has 2 atom stereocenters. The van der Waals surface area contributed by atoms with Crippen LogP contribution in [0.4, 0.5) is 13.2 Å². The number of carboxylic acid groups (broad SMARTS) is 3. The lowest BCUT2D eigenvalue weighted by Crippen LogP contribution is -2.38. The van der Waals surface area contributed by atoms with Crippen LogP contribution in [0.5, 0.6) is 11.5 Å². The van der Waals surface area contributed by atoms with Gasteiger partial charge in [0.2, 0.25) is 5.91 Å². The summed E-state index contributed by atoms with van der Waals surface area (Å²) in [4.78, 5) is 45.7. The fourth-order valence-corrected chi connectivity index (χ4v) is 3.96. The Morgan fingerprint density at radius 2 is 1.50 bits per heavy atom. The summed E-state index contributed by atoms with van der Waals surface area (Å²) in [5.41, 5.74) is -1.74. The molecule has 0 bridgehead atoms. The second-order valence-corrected chi connectivity index (χ2v) is 7.87. The number of fused-ring (bicyclic) bond motifs is 1. The van der Waals surface area contributed by atoms with Crippen molar-refractivity contribution < 1.29 is 57.1 Å². The lowest BCUT2D eigenvalue weighted by atomic mass is 9.97. The maximum absolute atomic E-state index is 12.2. The number of hydrogen-bond acceptors (Lipinski definition) is 7. The SMILES string of the molecule is COc1ccc(CNC(=O)CN2C[C@@]3(C(=O)O)C[C@@]3(C(=O)O)C2)cc1OC.O=C(O)C(F)(F)F. The molecule has 2 aliphatic rings. The van der Waals surface area contributed by atoms with Crippen molar-refractivity contribution in [2.45, 2.75) is 19.1 Å². The molecule has 188 valence electrons. The molecular weight excluding hydrogens is 469 g/mol. The first-order chi connectivity index (χ1) is 15.7. The van der Waals surface area contributed by atoms with E-state index in [1.54, 1.807) is 23.1 Å². The zero-order chi connectivity index (χ0) is 25.9. The monoisotopic (exact) mass is 492 g/mol. The van der Waals surface area contributed by atoms with Gasteiger partial charge in [-0.25, -0.2) is 4.79 Å². The molecule has 4 N–H and O–H groups in total. The third-order valence-corrected chi connectivity index (χ3v) is 5.75. The van der Waals surface area contributed by atoms with Crippen LogP contribution in [0.2, 0.25) is 0 Å². The number of halogens is 3. The number of nitrogens with one attached hydrogen (secondary N) is 1. The molecule has 0 aromatic heterocycles. The Balaban J connectivity index is 0.000000509. The van der Waals surface area contributed by atoms with Crippen molar-refractivity contribution >= 4 is 23.8 Å². The molecule has 11 nitrogen and oxygen atoms in total. The Bertz CT molecular complexity index is 957. The Kier molecular flexibility index (Phi) is 7.66. The molecule has 0 unspecified atom stereocenters. The number of carbonyl (C=O) groups excluding carboxylic acids is 1. The predicted octanol–water partition coefficient (Wildman–Crippen LogP) is 0.815. The number of benzene rings is 1. The van der Waals surface area contributed by atoms with Crippen LogP contribution in [-0.2, 0) is 25.7 Å². The third-order valence-electron chi connectivity index (χ3n) is 5.75. The van der Waals surface area contributed by atoms with Crippen molar-refractivity contribution in [1.29, 1.82) is 0 Å². The van der Waals surface area contributed by atoms with E-state index in [9.17, 15) is 37.8 Å². The van der Waals surface area contributed by atoms with Gasteiger partial charge >= 0.3 is 24.1 Å². The number of nitrogens with zero attached hydrogens (tertiary/aromatic N) is 1. The second kappa shape index (κ2) is 9.75. The summed E-state index contributed by atoms with van der Waals surface area (Å²) in [7, 11) is 3.06. The van der Waals surface area contributed by atoms with E-state index in [4.69, 9.17) is 19.4 Å². The summed E-state index contributed by atoms with van der Waals surface area (Å²) in [5.74, 6) is -4.14. The molecule has 1 saturated carbocycles. The Labute approximate surface area is 191 Å². The second-order valence-electron chi connectivity index (χ2n) is 7.87. The maximum Gasteiger partial charge on any atom is 0.490 e. The highest BCUT2D eigenvalue weighted by Crippen LogP contribution is 2.68. The summed E-state index contributed by atoms with van der Waals surface area (Å²) in [6.45, 7) is 0.356. The number of amides is 1. The quantitative estimate of drug-likeness (QED) is 0.409. The van der Waals surface area contributed by atoms with Crippen LogP contribution in [0.25, 0.3) is 0 Å². The first kappa shape index (κ1) is 26.7. The van der Waals surface area contributed by atoms with Gasteiger partial charge in [-0.2, -0.15) is 13.2 Å². The summed E-state index contributed by atoms with van der Waals surface area (Å²) < 4.78 is 42.1. The molecule has 34 heavy (non-hydrogen) atoms. The number of likely N-dealkylation sites (tertiary alicyclic amines) is 1. The van der Waals surface area contributed by atoms with E-state index in [1.807, 2.05) is 0 Å². The minimum Gasteiger partial charge on any atom is -0.493 e. The molecule has 2 fully saturated rings. The average Bonchev–Trinajstić information content (AvgIpc) is 3.30. The fourth-order valence-electron chi connectivity index (χ4n) is 3.96. The van der Waals surface area contributed by atoms with Gasteiger partial charge in [-0.15, -0.1) is 0 Å². The van der Waals surface area contributed by atoms with E-state index in [1.165, 1.54) is 14.2 Å². The van der Waals surface area contributed by atoms with E-state index < -0.39 is 34.9 Å². The zero-order valence-corrected chi connectivity index (χ0v) is 18.1. The number of ether oxygens (including phenoxy) is 2. The number of hydrogen-bond donors (Lipinski definition) is 4. The van der Waals surface area contributed by atoms with Crippen LogP contribution in [0.3, 0.4) is 0 Å². The highest BCUT2D eigenvalue weighted by Gasteiger charge is 2.80. The number of carboxylic acids is 3. The summed E-state index contributed by atoms with van der Waals surface area (Å²) in [5, 5.41) is 28.7. The number of methoxy groups -OCH3 is 2. The van der Waals surface area contributed by atoms with Crippen LogP contribution in [0.1, 0.15) is 12.0 Å². The highest BCUT2D eigenvalue weighted by atomic mass is 19.4. The Morgan fingerprint density at radius 1 is 1.00 bits per heavy atom. The molecule has 1 aromatic rings. The van der Waals surface area contributed by atoms with Crippen molar-refractivity contribution in [2.24, 2.45) is 10.8 Å². The summed E-state index contributed by atoms with van der Waals surface area (Å²) in [6.07, 6.45) is -4.96. The zero-order valence-electron chi connectivity index (χ0n) is 18.1. The van der Waals surface area contributed by atoms with Crippen molar-refractivity contribution in [3.63, 3.8) is 0 Å². The maximum atomic E-state index is 12.2. The lowest BCUT2D eigenvalue weighted by Gasteiger charge is -2.19. The number of rotatable bonds is 8. The van der Waals surface area contributed by atoms with Gasteiger partial charge < -0.3 is 30.1 Å². The summed E-state index contributed by atoms with van der Waals surface area (Å²) in [6, 6.07) is 5.29. The largest absolute Gasteiger partial charge is 0.493 e. The van der Waals surface area contributed by atoms with Gasteiger partial charge in [0, 0.05) is 19.6 Å². The fraction of sp³-hybridized carbons (Fsp3) is 0.500. The van der Waals surface area contributed by atoms with Crippen molar-refractivity contribution in [3.8, 4) is 11.5 Å². The van der Waals surface area contributed by atoms with Gasteiger partial charge in [-0.1, -0.05) is 6.07 Å². The predicted molar refractivity (Wildman–Crippen MR) is 106 cm³/mol. The average molecular weight is 492 g/mol. The molecule has 1 aliphatic carbocycles. The first-order valence-corrected chi connectivity index (χ1v) is 9.69. The Morgan fingerprint density at radius 3 is 1.91 bits per heavy atom. The molecule has 1 aliphatic heterocycles. The van der Waals surface area contributed by atoms with E-state index >= 15 is 0 Å². The molecule has 1 heterocycles. The van der Waals surface area contributed by atoms with Crippen LogP contribution in [0.15, 0.2) is 18.2 Å². The van der Waals surface area contributed by atoms with Gasteiger partial charge in [-0.05, 0) is 24.1 Å². The molecule has 0 spiro atoms. The molecule has 1 amide bonds. The van der Waals surface area contributed by atoms with Gasteiger partial charge in [0.1, 0.15) is 0 Å². The van der Waals surface area contributed by atoms with E-state index in [0.717, 1.165) is 5.56 Å². The van der Waals surface area contributed by atoms with Gasteiger partial charge in [0.15, 0.2) is 11.5 Å². The van der Waals surface area contributed by atoms with E-state index in [0.29, 0.717) is 11.5 Å². The van der Waals surface area contributed by atoms with Crippen molar-refractivity contribution in [1.82, 2.24) is 10.2 Å². The highest BCUT2D eigenvalue weighted by molar-refractivity contribution is 5.94. The molecule has 1 saturated heterocycles. The summed E-state index contributed by atoms with van der Waals surface area (Å²) >= 11 is 0. The van der Waals surface area contributed by atoms with Gasteiger partial charge in [-0.3, -0.25) is 19.3 Å². The standard InChI is InChI=1S/C18H22N2O7.C2HF3O2/c1-26-12-4-3-11(5-13(12)27-2)6-19-14(21)7-20-9-17(15(22)23)8-18(17,10-20)16(24)25;3-2(4,5)1(6)7/h3-5H,6-10H2,1-2H3,(H,19,21)(H,22,23)(H,24,25);(H,6,7)/t17-,18+;. The number of carbonyl (C=O) groups is 4. The number of alkyl halides is 3.